The molecular weight excluding hydrogens is 497 g/mol. The van der Waals surface area contributed by atoms with Crippen LogP contribution in [0.4, 0.5) is 19.1 Å². The summed E-state index contributed by atoms with van der Waals surface area (Å²) in [6, 6.07) is 9.25. The molecule has 0 atom stereocenters. The Morgan fingerprint density at radius 3 is 2.53 bits per heavy atom. The fourth-order valence-electron chi connectivity index (χ4n) is 4.49. The Bertz CT molecular complexity index is 1460. The number of rotatable bonds is 7. The van der Waals surface area contributed by atoms with Crippen molar-refractivity contribution < 1.29 is 17.9 Å². The van der Waals surface area contributed by atoms with Gasteiger partial charge in [-0.2, -0.15) is 18.4 Å². The number of fused-ring (bicyclic) bond motifs is 1. The summed E-state index contributed by atoms with van der Waals surface area (Å²) in [5.41, 5.74) is 0.697. The molecule has 4 aromatic rings. The van der Waals surface area contributed by atoms with E-state index in [1.165, 1.54) is 18.5 Å². The Balaban J connectivity index is 1.23. The van der Waals surface area contributed by atoms with Gasteiger partial charge in [-0.15, -0.1) is 0 Å². The van der Waals surface area contributed by atoms with Gasteiger partial charge in [-0.1, -0.05) is 0 Å². The van der Waals surface area contributed by atoms with Gasteiger partial charge in [0.25, 0.3) is 0 Å². The molecule has 0 radical (unpaired) electrons. The van der Waals surface area contributed by atoms with E-state index in [2.05, 4.69) is 29.7 Å². The van der Waals surface area contributed by atoms with Crippen molar-refractivity contribution >= 4 is 17.0 Å². The summed E-state index contributed by atoms with van der Waals surface area (Å²) in [5, 5.41) is 9.45. The fourth-order valence-corrected chi connectivity index (χ4v) is 4.49. The predicted octanol–water partition coefficient (Wildman–Crippen LogP) is 3.91. The second-order valence-corrected chi connectivity index (χ2v) is 8.98. The highest BCUT2D eigenvalue weighted by atomic mass is 19.4. The minimum atomic E-state index is -4.62. The summed E-state index contributed by atoms with van der Waals surface area (Å²) in [7, 11) is 1.75. The Hall–Kier alpha value is -4.24. The van der Waals surface area contributed by atoms with E-state index >= 15 is 0 Å². The molecule has 1 saturated heterocycles. The molecule has 0 unspecified atom stereocenters. The van der Waals surface area contributed by atoms with E-state index in [1.807, 2.05) is 6.07 Å². The van der Waals surface area contributed by atoms with Crippen LogP contribution in [0, 0.1) is 11.3 Å². The van der Waals surface area contributed by atoms with E-state index in [0.717, 1.165) is 32.2 Å². The van der Waals surface area contributed by atoms with Crippen molar-refractivity contribution in [1.82, 2.24) is 29.4 Å². The summed E-state index contributed by atoms with van der Waals surface area (Å²) in [6.07, 6.45) is 0.938. The van der Waals surface area contributed by atoms with Crippen LogP contribution in [0.1, 0.15) is 17.7 Å². The highest BCUT2D eigenvalue weighted by Crippen LogP contribution is 2.39. The molecule has 0 amide bonds. The molecule has 1 fully saturated rings. The smallest absolute Gasteiger partial charge is 0.419 e. The number of nitriles is 1. The molecule has 9 nitrogen and oxygen atoms in total. The highest BCUT2D eigenvalue weighted by Gasteiger charge is 2.35. The molecule has 0 spiro atoms. The van der Waals surface area contributed by atoms with Crippen LogP contribution in [0.15, 0.2) is 49.1 Å². The number of hydrogen-bond donors (Lipinski definition) is 0. The van der Waals surface area contributed by atoms with Crippen molar-refractivity contribution in [3.63, 3.8) is 0 Å². The van der Waals surface area contributed by atoms with Gasteiger partial charge in [0.2, 0.25) is 5.95 Å². The monoisotopic (exact) mass is 522 g/mol. The van der Waals surface area contributed by atoms with Crippen LogP contribution in [0.25, 0.3) is 22.3 Å². The van der Waals surface area contributed by atoms with Crippen LogP contribution in [0.2, 0.25) is 0 Å². The van der Waals surface area contributed by atoms with Crippen molar-refractivity contribution in [2.24, 2.45) is 7.05 Å². The largest absolute Gasteiger partial charge is 0.493 e. The van der Waals surface area contributed by atoms with Crippen molar-refractivity contribution in [3.05, 3.63) is 60.3 Å². The first-order valence-electron chi connectivity index (χ1n) is 12.1. The average Bonchev–Trinajstić information content (AvgIpc) is 3.31. The van der Waals surface area contributed by atoms with Crippen molar-refractivity contribution in [2.45, 2.75) is 12.6 Å². The number of ether oxygens (including phenoxy) is 1. The third-order valence-electron chi connectivity index (χ3n) is 6.48. The summed E-state index contributed by atoms with van der Waals surface area (Å²) >= 11 is 0. The first-order valence-corrected chi connectivity index (χ1v) is 12.1. The van der Waals surface area contributed by atoms with Gasteiger partial charge >= 0.3 is 6.18 Å². The van der Waals surface area contributed by atoms with Gasteiger partial charge in [-0.05, 0) is 36.8 Å². The topological polar surface area (TPSA) is 96.0 Å². The molecule has 0 aliphatic carbocycles. The molecule has 196 valence electrons. The van der Waals surface area contributed by atoms with E-state index in [4.69, 9.17) is 4.74 Å². The molecule has 0 saturated carbocycles. The Morgan fingerprint density at radius 2 is 1.82 bits per heavy atom. The number of halogens is 3. The second kappa shape index (κ2) is 10.6. The zero-order chi connectivity index (χ0) is 26.7. The molecule has 1 aromatic carbocycles. The minimum absolute atomic E-state index is 0.0594. The van der Waals surface area contributed by atoms with Gasteiger partial charge < -0.3 is 14.2 Å². The van der Waals surface area contributed by atoms with E-state index < -0.39 is 11.7 Å². The third-order valence-corrected chi connectivity index (χ3v) is 6.48. The quantitative estimate of drug-likeness (QED) is 0.337. The normalized spacial score (nSPS) is 14.6. The van der Waals surface area contributed by atoms with Crippen LogP contribution in [-0.4, -0.2) is 68.7 Å². The summed E-state index contributed by atoms with van der Waals surface area (Å²) < 4.78 is 49.1. The molecule has 4 heterocycles. The van der Waals surface area contributed by atoms with E-state index in [-0.39, 0.29) is 29.3 Å². The van der Waals surface area contributed by atoms with E-state index in [0.29, 0.717) is 29.9 Å². The zero-order valence-corrected chi connectivity index (χ0v) is 20.7. The molecular formula is C26H25F3N8O. The van der Waals surface area contributed by atoms with Crippen LogP contribution >= 0.6 is 0 Å². The first kappa shape index (κ1) is 25.4. The molecule has 0 bridgehead atoms. The number of hydrogen-bond acceptors (Lipinski definition) is 8. The second-order valence-electron chi connectivity index (χ2n) is 8.98. The molecule has 38 heavy (non-hydrogen) atoms. The number of benzene rings is 1. The maximum Gasteiger partial charge on any atom is 0.419 e. The van der Waals surface area contributed by atoms with Gasteiger partial charge in [0, 0.05) is 57.7 Å². The van der Waals surface area contributed by atoms with Crippen LogP contribution < -0.4 is 9.64 Å². The molecule has 1 aliphatic rings. The molecule has 1 aliphatic heterocycles. The number of pyridine rings is 1. The maximum absolute atomic E-state index is 13.9. The Kier molecular flexibility index (Phi) is 7.11. The summed E-state index contributed by atoms with van der Waals surface area (Å²) in [4.78, 5) is 21.3. The SMILES string of the molecule is Cn1cnc2c(C#N)nc(-c3ccc(OCCCN4CCN(c5ncccn5)CC4)c(C(F)(F)F)c3)cc21. The van der Waals surface area contributed by atoms with Crippen molar-refractivity contribution in [1.29, 1.82) is 5.26 Å². The lowest BCUT2D eigenvalue weighted by molar-refractivity contribution is -0.138. The number of nitrogens with zero attached hydrogens (tertiary/aromatic N) is 8. The Morgan fingerprint density at radius 1 is 1.05 bits per heavy atom. The number of imidazole rings is 1. The summed E-state index contributed by atoms with van der Waals surface area (Å²) in [6.45, 7) is 4.09. The molecule has 3 aromatic heterocycles. The van der Waals surface area contributed by atoms with E-state index in [9.17, 15) is 18.4 Å². The average molecular weight is 523 g/mol. The lowest BCUT2D eigenvalue weighted by Crippen LogP contribution is -2.47. The van der Waals surface area contributed by atoms with Gasteiger partial charge in [0.05, 0.1) is 29.7 Å². The van der Waals surface area contributed by atoms with Gasteiger partial charge in [-0.25, -0.2) is 19.9 Å². The van der Waals surface area contributed by atoms with Crippen LogP contribution in [0.5, 0.6) is 5.75 Å². The predicted molar refractivity (Wildman–Crippen MR) is 134 cm³/mol. The first-order chi connectivity index (χ1) is 18.3. The highest BCUT2D eigenvalue weighted by molar-refractivity contribution is 5.84. The lowest BCUT2D eigenvalue weighted by Gasteiger charge is -2.34. The fraction of sp³-hybridized carbons (Fsp3) is 0.346. The van der Waals surface area contributed by atoms with Gasteiger partial charge in [0.15, 0.2) is 5.69 Å². The number of aryl methyl sites for hydroxylation is 1. The standard InChI is InChI=1S/C26H25F3N8O/c1-35-17-33-24-21(16-30)34-20(15-22(24)35)18-4-5-23(19(14-18)26(27,28)29)38-13-3-8-36-9-11-37(12-10-36)25-31-6-2-7-32-25/h2,4-7,14-15,17H,3,8-13H2,1H3. The van der Waals surface area contributed by atoms with Gasteiger partial charge in [0.1, 0.15) is 17.3 Å². The van der Waals surface area contributed by atoms with E-state index in [1.54, 1.807) is 36.1 Å². The molecule has 0 N–H and O–H groups in total. The third kappa shape index (κ3) is 5.38. The minimum Gasteiger partial charge on any atom is -0.493 e. The number of alkyl halides is 3. The van der Waals surface area contributed by atoms with Crippen molar-refractivity contribution in [3.8, 4) is 23.1 Å². The number of piperazine rings is 1. The van der Waals surface area contributed by atoms with Gasteiger partial charge in [-0.3, -0.25) is 4.90 Å². The number of aromatic nitrogens is 5. The zero-order valence-electron chi connectivity index (χ0n) is 20.7. The Labute approximate surface area is 217 Å². The maximum atomic E-state index is 13.9. The lowest BCUT2D eigenvalue weighted by atomic mass is 10.1. The van der Waals surface area contributed by atoms with Crippen LogP contribution in [0.3, 0.4) is 0 Å². The summed E-state index contributed by atoms with van der Waals surface area (Å²) in [5.74, 6) is 0.479. The molecule has 5 rings (SSSR count). The van der Waals surface area contributed by atoms with Crippen LogP contribution in [-0.2, 0) is 13.2 Å². The molecule has 12 heteroatoms. The number of anilines is 1. The van der Waals surface area contributed by atoms with Crippen molar-refractivity contribution in [2.75, 3.05) is 44.2 Å².